The van der Waals surface area contributed by atoms with Crippen molar-refractivity contribution in [2.24, 2.45) is 5.11 Å². The van der Waals surface area contributed by atoms with Gasteiger partial charge in [0.15, 0.2) is 17.4 Å². The highest BCUT2D eigenvalue weighted by molar-refractivity contribution is 7.46. The molecule has 0 fully saturated rings. The number of azide groups is 1. The van der Waals surface area contributed by atoms with Gasteiger partial charge in [0.05, 0.1) is 12.9 Å². The van der Waals surface area contributed by atoms with E-state index < -0.39 is 32.3 Å². The van der Waals surface area contributed by atoms with Crippen molar-refractivity contribution in [2.45, 2.75) is 12.3 Å². The second-order valence-corrected chi connectivity index (χ2v) is 6.01. The summed E-state index contributed by atoms with van der Waals surface area (Å²) in [6, 6.07) is 0. The first-order valence-corrected chi connectivity index (χ1v) is 8.10. The predicted molar refractivity (Wildman–Crippen MR) is 79.6 cm³/mol. The summed E-state index contributed by atoms with van der Waals surface area (Å²) < 4.78 is 21.6. The van der Waals surface area contributed by atoms with Gasteiger partial charge in [-0.1, -0.05) is 0 Å². The van der Waals surface area contributed by atoms with Crippen molar-refractivity contribution < 1.29 is 28.7 Å². The standard InChI is InChI=1S/C10H10N7O7P/c11-16-15-10-14-7-8(12-3-13-9(7)19)17(10)6-1-4(18)5(24-6)2-23-25(20,21)22/h1,3,5-6,18H,2H2,(H,12,13,19)(H2,20,21,22)/t5-,6-/m1/s1. The Hall–Kier alpha value is -2.73. The van der Waals surface area contributed by atoms with Crippen LogP contribution >= 0.6 is 7.82 Å². The average molecular weight is 371 g/mol. The summed E-state index contributed by atoms with van der Waals surface area (Å²) in [5.74, 6) is -0.607. The first-order valence-electron chi connectivity index (χ1n) is 6.57. The molecule has 0 amide bonds. The lowest BCUT2D eigenvalue weighted by atomic mass is 10.3. The van der Waals surface area contributed by atoms with Crippen LogP contribution in [0.15, 0.2) is 28.1 Å². The Bertz CT molecular complexity index is 1000. The molecule has 0 bridgehead atoms. The summed E-state index contributed by atoms with van der Waals surface area (Å²) in [6.07, 6.45) is 0.00475. The second-order valence-electron chi connectivity index (χ2n) is 4.77. The molecule has 0 aliphatic carbocycles. The summed E-state index contributed by atoms with van der Waals surface area (Å²) in [7, 11) is -4.75. The molecular formula is C10H10N7O7P. The molecule has 0 saturated carbocycles. The molecule has 14 nitrogen and oxygen atoms in total. The number of hydrogen-bond acceptors (Lipinski definition) is 8. The van der Waals surface area contributed by atoms with Gasteiger partial charge >= 0.3 is 7.82 Å². The number of aliphatic hydroxyl groups is 1. The van der Waals surface area contributed by atoms with Crippen molar-refractivity contribution >= 4 is 24.9 Å². The number of phosphoric ester groups is 1. The number of H-pyrrole nitrogens is 1. The molecule has 0 aromatic carbocycles. The minimum Gasteiger partial charge on any atom is -0.510 e. The lowest BCUT2D eigenvalue weighted by Gasteiger charge is -2.17. The van der Waals surface area contributed by atoms with E-state index in [4.69, 9.17) is 20.1 Å². The first kappa shape index (κ1) is 17.1. The highest BCUT2D eigenvalue weighted by Crippen LogP contribution is 2.38. The number of rotatable bonds is 5. The maximum atomic E-state index is 11.8. The van der Waals surface area contributed by atoms with Crippen LogP contribution in [0.2, 0.25) is 0 Å². The van der Waals surface area contributed by atoms with E-state index in [0.717, 1.165) is 10.9 Å². The van der Waals surface area contributed by atoms with Gasteiger partial charge < -0.3 is 24.6 Å². The van der Waals surface area contributed by atoms with E-state index in [9.17, 15) is 14.5 Å². The van der Waals surface area contributed by atoms with Crippen LogP contribution in [0.25, 0.3) is 21.6 Å². The van der Waals surface area contributed by atoms with Crippen LogP contribution in [0, 0.1) is 0 Å². The zero-order valence-electron chi connectivity index (χ0n) is 12.1. The Kier molecular flexibility index (Phi) is 4.30. The summed E-state index contributed by atoms with van der Waals surface area (Å²) >= 11 is 0. The Morgan fingerprint density at radius 3 is 3.00 bits per heavy atom. The summed E-state index contributed by atoms with van der Waals surface area (Å²) in [5, 5.41) is 13.2. The number of nitrogens with zero attached hydrogens (tertiary/aromatic N) is 6. The molecule has 0 saturated heterocycles. The zero-order chi connectivity index (χ0) is 18.2. The highest BCUT2D eigenvalue weighted by atomic mass is 31.2. The first-order chi connectivity index (χ1) is 11.8. The smallest absolute Gasteiger partial charge is 0.469 e. The monoisotopic (exact) mass is 371 g/mol. The van der Waals surface area contributed by atoms with E-state index in [-0.39, 0.29) is 22.9 Å². The van der Waals surface area contributed by atoms with E-state index in [2.05, 4.69) is 29.5 Å². The minimum absolute atomic E-state index is 0.0248. The lowest BCUT2D eigenvalue weighted by molar-refractivity contribution is -0.0206. The van der Waals surface area contributed by atoms with Crippen molar-refractivity contribution in [3.05, 3.63) is 39.0 Å². The molecule has 132 valence electrons. The van der Waals surface area contributed by atoms with Gasteiger partial charge in [0.25, 0.3) is 5.56 Å². The van der Waals surface area contributed by atoms with Crippen molar-refractivity contribution in [1.29, 1.82) is 0 Å². The molecule has 0 unspecified atom stereocenters. The third kappa shape index (κ3) is 3.39. The number of hydrogen-bond donors (Lipinski definition) is 4. The molecule has 0 spiro atoms. The zero-order valence-corrected chi connectivity index (χ0v) is 13.0. The largest absolute Gasteiger partial charge is 0.510 e. The van der Waals surface area contributed by atoms with E-state index in [1.54, 1.807) is 0 Å². The number of imidazole rings is 1. The van der Waals surface area contributed by atoms with Crippen LogP contribution in [0.3, 0.4) is 0 Å². The molecule has 2 aromatic rings. The predicted octanol–water partition coefficient (Wildman–Crippen LogP) is 0.510. The van der Waals surface area contributed by atoms with E-state index in [1.165, 1.54) is 6.08 Å². The maximum Gasteiger partial charge on any atom is 0.469 e. The molecule has 1 aliphatic heterocycles. The van der Waals surface area contributed by atoms with Gasteiger partial charge in [-0.15, -0.1) is 0 Å². The van der Waals surface area contributed by atoms with Crippen LogP contribution in [0.4, 0.5) is 5.95 Å². The number of phosphoric acid groups is 1. The third-order valence-corrected chi connectivity index (χ3v) is 3.68. The van der Waals surface area contributed by atoms with Gasteiger partial charge in [-0.25, -0.2) is 14.5 Å². The molecule has 1 aliphatic rings. The van der Waals surface area contributed by atoms with E-state index in [0.29, 0.717) is 0 Å². The number of fused-ring (bicyclic) bond motifs is 1. The summed E-state index contributed by atoms with van der Waals surface area (Å²) in [6.45, 7) is -0.624. The Balaban J connectivity index is 1.99. The quantitative estimate of drug-likeness (QED) is 0.249. The Labute approximate surface area is 137 Å². The van der Waals surface area contributed by atoms with Gasteiger partial charge in [-0.05, 0) is 10.6 Å². The topological polar surface area (TPSA) is 209 Å². The normalized spacial score (nSPS) is 20.5. The average Bonchev–Trinajstić information content (AvgIpc) is 3.06. The summed E-state index contributed by atoms with van der Waals surface area (Å²) in [5.41, 5.74) is 7.98. The van der Waals surface area contributed by atoms with Crippen molar-refractivity contribution in [2.75, 3.05) is 6.61 Å². The minimum atomic E-state index is -4.75. The van der Waals surface area contributed by atoms with Gasteiger partial charge in [0.2, 0.25) is 5.95 Å². The number of nitrogens with one attached hydrogen (secondary N) is 1. The third-order valence-electron chi connectivity index (χ3n) is 3.19. The van der Waals surface area contributed by atoms with Gasteiger partial charge in [-0.3, -0.25) is 13.9 Å². The number of aliphatic hydroxyl groups excluding tert-OH is 1. The molecule has 2 atom stereocenters. The number of aromatic amines is 1. The Morgan fingerprint density at radius 2 is 2.32 bits per heavy atom. The molecule has 4 N–H and O–H groups in total. The van der Waals surface area contributed by atoms with Crippen molar-refractivity contribution in [3.8, 4) is 0 Å². The fourth-order valence-electron chi connectivity index (χ4n) is 2.21. The van der Waals surface area contributed by atoms with Crippen molar-refractivity contribution in [1.82, 2.24) is 19.5 Å². The second kappa shape index (κ2) is 6.29. The van der Waals surface area contributed by atoms with E-state index in [1.807, 2.05) is 0 Å². The maximum absolute atomic E-state index is 11.8. The molecular weight excluding hydrogens is 361 g/mol. The van der Waals surface area contributed by atoms with Crippen LogP contribution in [-0.2, 0) is 13.8 Å². The molecule has 3 heterocycles. The van der Waals surface area contributed by atoms with Gasteiger partial charge in [0, 0.05) is 11.0 Å². The van der Waals surface area contributed by atoms with Gasteiger partial charge in [0.1, 0.15) is 11.9 Å². The number of aromatic nitrogens is 4. The summed E-state index contributed by atoms with van der Waals surface area (Å²) in [4.78, 5) is 41.9. The number of ether oxygens (including phenoxy) is 1. The molecule has 2 aromatic heterocycles. The van der Waals surface area contributed by atoms with Gasteiger partial charge in [-0.2, -0.15) is 0 Å². The molecule has 15 heteroatoms. The fourth-order valence-corrected chi connectivity index (χ4v) is 2.54. The van der Waals surface area contributed by atoms with Crippen LogP contribution in [0.1, 0.15) is 6.23 Å². The fraction of sp³-hybridized carbons (Fsp3) is 0.300. The molecule has 3 rings (SSSR count). The Morgan fingerprint density at radius 1 is 1.56 bits per heavy atom. The van der Waals surface area contributed by atoms with Crippen LogP contribution in [-0.4, -0.2) is 47.1 Å². The highest BCUT2D eigenvalue weighted by Gasteiger charge is 2.33. The molecule has 0 radical (unpaired) electrons. The SMILES string of the molecule is [N-]=[N+]=Nc1nc2c(=O)[nH]cnc2n1[C@H]1C=C(O)[C@@H](COP(=O)(O)O)O1. The van der Waals surface area contributed by atoms with E-state index >= 15 is 0 Å². The van der Waals surface area contributed by atoms with Crippen molar-refractivity contribution in [3.63, 3.8) is 0 Å². The van der Waals surface area contributed by atoms with Crippen LogP contribution < -0.4 is 5.56 Å². The lowest BCUT2D eigenvalue weighted by Crippen LogP contribution is -2.20. The van der Waals surface area contributed by atoms with Crippen LogP contribution in [0.5, 0.6) is 0 Å². The molecule has 25 heavy (non-hydrogen) atoms.